The third-order valence-corrected chi connectivity index (χ3v) is 11.4. The number of sulfone groups is 1. The molecule has 1 aliphatic rings. The van der Waals surface area contributed by atoms with Gasteiger partial charge in [-0.1, -0.05) is 23.7 Å². The first kappa shape index (κ1) is 27.3. The Balaban J connectivity index is 1.57. The van der Waals surface area contributed by atoms with Crippen LogP contribution in [-0.2, 0) is 9.84 Å². The van der Waals surface area contributed by atoms with Crippen LogP contribution in [0.1, 0.15) is 13.8 Å². The number of para-hydroxylation sites is 1. The van der Waals surface area contributed by atoms with Crippen molar-refractivity contribution in [3.8, 4) is 5.75 Å². The average molecular weight is 567 g/mol. The normalized spacial score (nSPS) is 16.4. The van der Waals surface area contributed by atoms with E-state index in [1.807, 2.05) is 24.9 Å². The fourth-order valence-electron chi connectivity index (χ4n) is 3.99. The molecule has 0 amide bonds. The molecule has 0 aliphatic carbocycles. The molecule has 4 rings (SSSR count). The molecule has 0 saturated carbocycles. The van der Waals surface area contributed by atoms with E-state index in [2.05, 4.69) is 30.7 Å². The number of nitrogens with one attached hydrogen (secondary N) is 2. The minimum absolute atomic E-state index is 0.00542. The molecule has 1 aliphatic heterocycles. The summed E-state index contributed by atoms with van der Waals surface area (Å²) in [6.45, 7) is 6.87. The molecule has 0 spiro atoms. The summed E-state index contributed by atoms with van der Waals surface area (Å²) >= 11 is 6.24. The predicted molar refractivity (Wildman–Crippen MR) is 152 cm³/mol. The number of rotatable bonds is 8. The van der Waals surface area contributed by atoms with Crippen molar-refractivity contribution >= 4 is 57.8 Å². The van der Waals surface area contributed by atoms with Crippen molar-refractivity contribution in [3.05, 3.63) is 47.6 Å². The van der Waals surface area contributed by atoms with Gasteiger partial charge < -0.3 is 0 Å². The van der Waals surface area contributed by atoms with Crippen LogP contribution in [0.15, 0.2) is 47.4 Å². The zero-order valence-corrected chi connectivity index (χ0v) is 23.8. The van der Waals surface area contributed by atoms with Gasteiger partial charge in [0.15, 0.2) is 9.84 Å². The van der Waals surface area contributed by atoms with Gasteiger partial charge in [0.2, 0.25) is 0 Å². The number of methoxy groups -OCH3 is 1. The Bertz CT molecular complexity index is 1380. The number of nitrogens with zero attached hydrogens (tertiary/aromatic N) is 4. The van der Waals surface area contributed by atoms with Crippen molar-refractivity contribution in [3.63, 3.8) is 0 Å². The minimum atomic E-state index is -3.55. The molecule has 2 aromatic carbocycles. The van der Waals surface area contributed by atoms with E-state index in [1.165, 1.54) is 6.07 Å². The molecule has 1 fully saturated rings. The first-order valence-corrected chi connectivity index (χ1v) is 16.7. The van der Waals surface area contributed by atoms with Crippen molar-refractivity contribution in [2.24, 2.45) is 0 Å². The van der Waals surface area contributed by atoms with Crippen molar-refractivity contribution in [1.82, 2.24) is 15.2 Å². The zero-order chi connectivity index (χ0) is 26.8. The second-order valence-electron chi connectivity index (χ2n) is 9.48. The van der Waals surface area contributed by atoms with Crippen LogP contribution in [0, 0.1) is 0 Å². The monoisotopic (exact) mass is 566 g/mol. The molecule has 0 bridgehead atoms. The van der Waals surface area contributed by atoms with E-state index < -0.39 is 22.6 Å². The van der Waals surface area contributed by atoms with Gasteiger partial charge in [-0.05, 0) is 26.0 Å². The summed E-state index contributed by atoms with van der Waals surface area (Å²) in [6, 6.07) is 12.3. The van der Waals surface area contributed by atoms with Crippen LogP contribution in [0.5, 0.6) is 5.75 Å². The van der Waals surface area contributed by atoms with Crippen molar-refractivity contribution in [1.29, 1.82) is 0 Å². The second kappa shape index (κ2) is 10.9. The number of halogens is 1. The van der Waals surface area contributed by atoms with Crippen LogP contribution in [0.2, 0.25) is 5.15 Å². The molecule has 1 aromatic heterocycles. The first-order valence-electron chi connectivity index (χ1n) is 11.9. The van der Waals surface area contributed by atoms with Gasteiger partial charge in [-0.3, -0.25) is 0 Å². The van der Waals surface area contributed by atoms with Crippen LogP contribution in [0.4, 0.5) is 28.8 Å². The Labute approximate surface area is 222 Å². The molecular formula is C24H32ClN6O4PS. The van der Waals surface area contributed by atoms with Gasteiger partial charge in [0.1, 0.15) is 0 Å². The summed E-state index contributed by atoms with van der Waals surface area (Å²) in [5, 5.41) is 13.5. The molecule has 3 N–H and O–H groups in total. The third kappa shape index (κ3) is 6.23. The molecule has 0 radical (unpaired) electrons. The summed E-state index contributed by atoms with van der Waals surface area (Å²) < 4.78 is 31.2. The first-order chi connectivity index (χ1) is 17.5. The van der Waals surface area contributed by atoms with Crippen molar-refractivity contribution in [2.75, 3.05) is 54.7 Å². The van der Waals surface area contributed by atoms with E-state index in [0.717, 1.165) is 31.1 Å². The fourth-order valence-corrected chi connectivity index (χ4v) is 7.07. The topological polar surface area (TPSA) is 130 Å². The number of aromatic nitrogens is 3. The Morgan fingerprint density at radius 3 is 2.46 bits per heavy atom. The fraction of sp³-hybridized carbons (Fsp3) is 0.375. The number of hydrogen-bond acceptors (Lipinski definition) is 10. The molecule has 13 heteroatoms. The average Bonchev–Trinajstić information content (AvgIpc) is 2.86. The van der Waals surface area contributed by atoms with Crippen molar-refractivity contribution in [2.45, 2.75) is 24.0 Å². The van der Waals surface area contributed by atoms with Gasteiger partial charge in [-0.25, -0.2) is 8.42 Å². The summed E-state index contributed by atoms with van der Waals surface area (Å²) in [6.07, 6.45) is 1.66. The Kier molecular flexibility index (Phi) is 8.08. The molecule has 1 saturated heterocycles. The quantitative estimate of drug-likeness (QED) is 0.339. The van der Waals surface area contributed by atoms with Crippen LogP contribution < -0.4 is 20.3 Å². The zero-order valence-electron chi connectivity index (χ0n) is 21.2. The standard InChI is InChI=1S/C24H32ClN6O4PS/c1-16(2)37(33,34)21-8-6-5-7-19(21)26-23-22(25)29-30-24(28-23)27-18-10-9-17(15-20(18)35-3)31-11-13-36(4,32)14-12-31/h5-10,15-16,32,36H,11-14H2,1-4H3,(H2,26,27,28,30). The maximum absolute atomic E-state index is 12.8. The Hall–Kier alpha value is -2.72. The van der Waals surface area contributed by atoms with Gasteiger partial charge >= 0.3 is 139 Å². The summed E-state index contributed by atoms with van der Waals surface area (Å²) in [7, 11) is -4.03. The molecule has 3 aromatic rings. The van der Waals surface area contributed by atoms with E-state index in [4.69, 9.17) is 16.3 Å². The summed E-state index contributed by atoms with van der Waals surface area (Å²) in [5.41, 5.74) is 1.98. The molecule has 10 nitrogen and oxygen atoms in total. The van der Waals surface area contributed by atoms with E-state index in [0.29, 0.717) is 17.1 Å². The van der Waals surface area contributed by atoms with Gasteiger partial charge in [-0.15, -0.1) is 0 Å². The molecule has 2 heterocycles. The summed E-state index contributed by atoms with van der Waals surface area (Å²) in [4.78, 5) is 17.2. The number of anilines is 5. The Morgan fingerprint density at radius 1 is 1.08 bits per heavy atom. The van der Waals surface area contributed by atoms with E-state index in [1.54, 1.807) is 39.2 Å². The third-order valence-electron chi connectivity index (χ3n) is 6.35. The number of hydrogen-bond donors (Lipinski definition) is 3. The van der Waals surface area contributed by atoms with Crippen LogP contribution in [0.25, 0.3) is 0 Å². The Morgan fingerprint density at radius 2 is 1.78 bits per heavy atom. The van der Waals surface area contributed by atoms with Gasteiger partial charge in [0.05, 0.1) is 15.8 Å². The van der Waals surface area contributed by atoms with Gasteiger partial charge in [0.25, 0.3) is 0 Å². The molecule has 200 valence electrons. The number of benzene rings is 2. The molecular weight excluding hydrogens is 535 g/mol. The number of ether oxygens (including phenoxy) is 1. The van der Waals surface area contributed by atoms with Gasteiger partial charge in [-0.2, -0.15) is 0 Å². The molecule has 0 unspecified atom stereocenters. The van der Waals surface area contributed by atoms with E-state index in [-0.39, 0.29) is 21.8 Å². The summed E-state index contributed by atoms with van der Waals surface area (Å²) in [5.74, 6) is 0.904. The second-order valence-corrected chi connectivity index (χ2v) is 16.3. The molecule has 37 heavy (non-hydrogen) atoms. The van der Waals surface area contributed by atoms with E-state index in [9.17, 15) is 13.3 Å². The SMILES string of the molecule is COc1cc(N2CC[PH](C)(O)CC2)ccc1Nc1nnc(Cl)c(Nc2ccccc2S(=O)(=O)C(C)C)n1. The van der Waals surface area contributed by atoms with Crippen molar-refractivity contribution < 1.29 is 18.0 Å². The van der Waals surface area contributed by atoms with Crippen LogP contribution >= 0.6 is 19.1 Å². The maximum atomic E-state index is 12.8. The molecule has 0 atom stereocenters. The van der Waals surface area contributed by atoms with E-state index >= 15 is 0 Å². The van der Waals surface area contributed by atoms with Crippen LogP contribution in [-0.4, -0.2) is 72.9 Å². The van der Waals surface area contributed by atoms with Crippen LogP contribution in [0.3, 0.4) is 0 Å². The van der Waals surface area contributed by atoms with Gasteiger partial charge in [0, 0.05) is 0 Å². The predicted octanol–water partition coefficient (Wildman–Crippen LogP) is 4.31.